The van der Waals surface area contributed by atoms with Gasteiger partial charge >= 0.3 is 0 Å². The third kappa shape index (κ3) is 4.40. The number of amides is 1. The summed E-state index contributed by atoms with van der Waals surface area (Å²) in [7, 11) is 0. The summed E-state index contributed by atoms with van der Waals surface area (Å²) in [5.41, 5.74) is 1.26. The quantitative estimate of drug-likeness (QED) is 0.804. The lowest BCUT2D eigenvalue weighted by molar-refractivity contribution is -0.120. The maximum Gasteiger partial charge on any atom is 0.231 e. The van der Waals surface area contributed by atoms with Crippen LogP contribution in [0, 0.1) is 31.1 Å². The van der Waals surface area contributed by atoms with E-state index < -0.39 is 5.54 Å². The van der Waals surface area contributed by atoms with Crippen LogP contribution in [0.1, 0.15) is 32.2 Å². The zero-order chi connectivity index (χ0) is 18.6. The number of thioether (sulfide) groups is 1. The first kappa shape index (κ1) is 19.0. The van der Waals surface area contributed by atoms with Gasteiger partial charge in [-0.1, -0.05) is 43.3 Å². The number of aryl methyl sites for hydroxylation is 2. The van der Waals surface area contributed by atoms with Crippen LogP contribution in [-0.4, -0.2) is 32.0 Å². The maximum absolute atomic E-state index is 12.3. The number of benzene rings is 1. The van der Waals surface area contributed by atoms with Crippen molar-refractivity contribution in [1.82, 2.24) is 20.1 Å². The Labute approximate surface area is 152 Å². The molecule has 132 valence electrons. The largest absolute Gasteiger partial charge is 0.337 e. The molecule has 1 N–H and O–H groups in total. The van der Waals surface area contributed by atoms with Gasteiger partial charge in [0.25, 0.3) is 0 Å². The number of carbonyl (C=O) groups is 1. The first-order valence-corrected chi connectivity index (χ1v) is 9.09. The molecule has 0 unspecified atom stereocenters. The highest BCUT2D eigenvalue weighted by molar-refractivity contribution is 7.99. The number of hydrogen-bond donors (Lipinski definition) is 1. The van der Waals surface area contributed by atoms with Crippen LogP contribution in [0.4, 0.5) is 0 Å². The van der Waals surface area contributed by atoms with Gasteiger partial charge in [0.05, 0.1) is 11.8 Å². The Morgan fingerprint density at radius 3 is 2.52 bits per heavy atom. The summed E-state index contributed by atoms with van der Waals surface area (Å²) in [6.07, 6.45) is 0. The van der Waals surface area contributed by atoms with Crippen LogP contribution in [0.5, 0.6) is 0 Å². The lowest BCUT2D eigenvalue weighted by atomic mass is 9.90. The minimum atomic E-state index is -0.877. The zero-order valence-corrected chi connectivity index (χ0v) is 16.0. The number of nitrogens with one attached hydrogen (secondary N) is 1. The minimum absolute atomic E-state index is 0.0184. The fourth-order valence-corrected chi connectivity index (χ4v) is 2.98. The summed E-state index contributed by atoms with van der Waals surface area (Å²) in [6.45, 7) is 9.47. The smallest absolute Gasteiger partial charge is 0.231 e. The van der Waals surface area contributed by atoms with Crippen LogP contribution in [0.3, 0.4) is 0 Å². The molecule has 0 aliphatic heterocycles. The van der Waals surface area contributed by atoms with Gasteiger partial charge in [0.2, 0.25) is 5.91 Å². The van der Waals surface area contributed by atoms with Gasteiger partial charge in [-0.3, -0.25) is 9.36 Å². The zero-order valence-electron chi connectivity index (χ0n) is 15.2. The van der Waals surface area contributed by atoms with Crippen LogP contribution in [0.15, 0.2) is 29.4 Å². The van der Waals surface area contributed by atoms with Crippen molar-refractivity contribution in [3.8, 4) is 11.8 Å². The lowest BCUT2D eigenvalue weighted by Crippen LogP contribution is -2.49. The first-order valence-electron chi connectivity index (χ1n) is 8.11. The van der Waals surface area contributed by atoms with Crippen molar-refractivity contribution < 1.29 is 4.79 Å². The maximum atomic E-state index is 12.3. The molecule has 1 aromatic carbocycles. The number of hydrogen-bond acceptors (Lipinski definition) is 5. The van der Waals surface area contributed by atoms with Gasteiger partial charge in [-0.05, 0) is 38.8 Å². The van der Waals surface area contributed by atoms with Crippen molar-refractivity contribution in [3.63, 3.8) is 0 Å². The van der Waals surface area contributed by atoms with Crippen molar-refractivity contribution in [3.05, 3.63) is 35.7 Å². The third-order valence-electron chi connectivity index (χ3n) is 4.21. The van der Waals surface area contributed by atoms with Crippen LogP contribution < -0.4 is 5.32 Å². The summed E-state index contributed by atoms with van der Waals surface area (Å²) in [4.78, 5) is 12.3. The number of nitrogens with zero attached hydrogens (tertiary/aromatic N) is 4. The molecule has 2 rings (SSSR count). The van der Waals surface area contributed by atoms with E-state index in [2.05, 4.69) is 21.6 Å². The highest BCUT2D eigenvalue weighted by Gasteiger charge is 2.30. The molecule has 1 heterocycles. The summed E-state index contributed by atoms with van der Waals surface area (Å²) in [5.74, 6) is 0.758. The van der Waals surface area contributed by atoms with Gasteiger partial charge in [-0.2, -0.15) is 5.26 Å². The van der Waals surface area contributed by atoms with Crippen LogP contribution >= 0.6 is 11.8 Å². The molecule has 25 heavy (non-hydrogen) atoms. The second kappa shape index (κ2) is 7.70. The minimum Gasteiger partial charge on any atom is -0.337 e. The molecule has 0 saturated heterocycles. The molecule has 0 spiro atoms. The molecule has 1 aromatic heterocycles. The Morgan fingerprint density at radius 1 is 1.32 bits per heavy atom. The van der Waals surface area contributed by atoms with Crippen LogP contribution in [-0.2, 0) is 4.79 Å². The molecule has 2 aromatic rings. The molecule has 0 aliphatic carbocycles. The average molecular weight is 357 g/mol. The number of nitriles is 1. The highest BCUT2D eigenvalue weighted by Crippen LogP contribution is 2.22. The molecule has 0 bridgehead atoms. The average Bonchev–Trinajstić information content (AvgIpc) is 2.94. The normalized spacial score (nSPS) is 13.3. The van der Waals surface area contributed by atoms with Crippen molar-refractivity contribution >= 4 is 17.7 Å². The molecule has 0 saturated carbocycles. The van der Waals surface area contributed by atoms with E-state index in [0.29, 0.717) is 5.16 Å². The van der Waals surface area contributed by atoms with E-state index >= 15 is 0 Å². The topological polar surface area (TPSA) is 83.6 Å². The van der Waals surface area contributed by atoms with E-state index in [1.54, 1.807) is 6.92 Å². The SMILES string of the molecule is Cc1ccc(-n2c(C)nnc2SCC(=O)N[C@](C)(C#N)C(C)C)cc1. The molecule has 1 amide bonds. The summed E-state index contributed by atoms with van der Waals surface area (Å²) < 4.78 is 1.92. The third-order valence-corrected chi connectivity index (χ3v) is 5.13. The highest BCUT2D eigenvalue weighted by atomic mass is 32.2. The Morgan fingerprint density at radius 2 is 1.96 bits per heavy atom. The number of carbonyl (C=O) groups excluding carboxylic acids is 1. The van der Waals surface area contributed by atoms with Gasteiger partial charge in [0.15, 0.2) is 5.16 Å². The van der Waals surface area contributed by atoms with E-state index in [-0.39, 0.29) is 17.6 Å². The van der Waals surface area contributed by atoms with Gasteiger partial charge < -0.3 is 5.32 Å². The second-order valence-electron chi connectivity index (χ2n) is 6.51. The fourth-order valence-electron chi connectivity index (χ4n) is 2.18. The van der Waals surface area contributed by atoms with E-state index in [1.165, 1.54) is 17.3 Å². The van der Waals surface area contributed by atoms with Gasteiger partial charge in [0.1, 0.15) is 11.4 Å². The molecule has 0 aliphatic rings. The molecule has 7 heteroatoms. The molecule has 0 radical (unpaired) electrons. The van der Waals surface area contributed by atoms with Crippen molar-refractivity contribution in [2.75, 3.05) is 5.75 Å². The predicted octanol–water partition coefficient (Wildman–Crippen LogP) is 3.03. The van der Waals surface area contributed by atoms with Crippen LogP contribution in [0.2, 0.25) is 0 Å². The standard InChI is InChI=1S/C18H23N5OS/c1-12(2)18(5,11-19)20-16(24)10-25-17-22-21-14(4)23(17)15-8-6-13(3)7-9-15/h6-9,12H,10H2,1-5H3,(H,20,24)/t18-/m1/s1. The summed E-state index contributed by atoms with van der Waals surface area (Å²) in [6, 6.07) is 10.2. The molecular formula is C18H23N5OS. The molecule has 0 fully saturated rings. The van der Waals surface area contributed by atoms with Crippen LogP contribution in [0.25, 0.3) is 5.69 Å². The Balaban J connectivity index is 2.11. The summed E-state index contributed by atoms with van der Waals surface area (Å²) >= 11 is 1.31. The molecule has 6 nitrogen and oxygen atoms in total. The second-order valence-corrected chi connectivity index (χ2v) is 7.45. The number of aromatic nitrogens is 3. The van der Waals surface area contributed by atoms with E-state index in [4.69, 9.17) is 0 Å². The first-order chi connectivity index (χ1) is 11.8. The lowest BCUT2D eigenvalue weighted by Gasteiger charge is -2.27. The van der Waals surface area contributed by atoms with E-state index in [1.807, 2.05) is 56.5 Å². The van der Waals surface area contributed by atoms with Gasteiger partial charge in [0, 0.05) is 5.69 Å². The predicted molar refractivity (Wildman–Crippen MR) is 98.6 cm³/mol. The fraction of sp³-hybridized carbons (Fsp3) is 0.444. The van der Waals surface area contributed by atoms with Crippen molar-refractivity contribution in [2.45, 2.75) is 45.3 Å². The van der Waals surface area contributed by atoms with E-state index in [0.717, 1.165) is 11.5 Å². The van der Waals surface area contributed by atoms with Crippen molar-refractivity contribution in [2.24, 2.45) is 5.92 Å². The summed E-state index contributed by atoms with van der Waals surface area (Å²) in [5, 5.41) is 21.1. The van der Waals surface area contributed by atoms with E-state index in [9.17, 15) is 10.1 Å². The molecular weight excluding hydrogens is 334 g/mol. The monoisotopic (exact) mass is 357 g/mol. The Kier molecular flexibility index (Phi) is 5.85. The van der Waals surface area contributed by atoms with Gasteiger partial charge in [-0.15, -0.1) is 10.2 Å². The number of rotatable bonds is 6. The Hall–Kier alpha value is -2.33. The molecule has 1 atom stereocenters. The van der Waals surface area contributed by atoms with Gasteiger partial charge in [-0.25, -0.2) is 0 Å². The Bertz CT molecular complexity index is 791. The van der Waals surface area contributed by atoms with Crippen molar-refractivity contribution in [1.29, 1.82) is 5.26 Å².